The molecule has 4 heteroatoms. The second kappa shape index (κ2) is 4.07. The van der Waals surface area contributed by atoms with E-state index in [0.717, 1.165) is 11.6 Å². The first-order valence-electron chi connectivity index (χ1n) is 4.79. The molecule has 4 nitrogen and oxygen atoms in total. The Morgan fingerprint density at radius 3 is 2.62 bits per heavy atom. The summed E-state index contributed by atoms with van der Waals surface area (Å²) in [6, 6.07) is 8.74. The van der Waals surface area contributed by atoms with Crippen LogP contribution in [-0.4, -0.2) is 11.1 Å². The molecule has 0 spiro atoms. The van der Waals surface area contributed by atoms with Gasteiger partial charge in [-0.1, -0.05) is 12.1 Å². The van der Waals surface area contributed by atoms with E-state index in [0.29, 0.717) is 5.56 Å². The number of esters is 1. The number of rotatable bonds is 1. The minimum atomic E-state index is -0.543. The fraction of sp³-hybridized carbons (Fsp3) is 0.167. The lowest BCUT2D eigenvalue weighted by Gasteiger charge is -2.20. The Morgan fingerprint density at radius 2 is 2.06 bits per heavy atom. The van der Waals surface area contributed by atoms with Crippen LogP contribution < -0.4 is 0 Å². The average molecular weight is 215 g/mol. The van der Waals surface area contributed by atoms with E-state index in [9.17, 15) is 9.90 Å². The molecule has 1 aliphatic rings. The van der Waals surface area contributed by atoms with Crippen LogP contribution in [0.5, 0.6) is 0 Å². The van der Waals surface area contributed by atoms with Gasteiger partial charge in [-0.05, 0) is 17.7 Å². The number of cyclic esters (lactones) is 1. The molecule has 2 rings (SSSR count). The van der Waals surface area contributed by atoms with Crippen LogP contribution in [0, 0.1) is 11.3 Å². The molecular weight excluding hydrogens is 206 g/mol. The fourth-order valence-electron chi connectivity index (χ4n) is 1.56. The van der Waals surface area contributed by atoms with Gasteiger partial charge in [-0.15, -0.1) is 0 Å². The van der Waals surface area contributed by atoms with Gasteiger partial charge in [0.1, 0.15) is 11.9 Å². The number of ether oxygens (including phenoxy) is 1. The molecule has 0 bridgehead atoms. The first kappa shape index (κ1) is 10.2. The van der Waals surface area contributed by atoms with E-state index in [2.05, 4.69) is 0 Å². The second-order valence-corrected chi connectivity index (χ2v) is 3.50. The predicted molar refractivity (Wildman–Crippen MR) is 55.3 cm³/mol. The Balaban J connectivity index is 2.22. The maximum absolute atomic E-state index is 11.1. The molecule has 0 radical (unpaired) electrons. The maximum Gasteiger partial charge on any atom is 0.334 e. The van der Waals surface area contributed by atoms with Crippen molar-refractivity contribution < 1.29 is 14.6 Å². The average Bonchev–Trinajstić information content (AvgIpc) is 2.28. The zero-order valence-corrected chi connectivity index (χ0v) is 8.38. The molecule has 0 saturated carbocycles. The van der Waals surface area contributed by atoms with Crippen LogP contribution in [0.25, 0.3) is 0 Å². The summed E-state index contributed by atoms with van der Waals surface area (Å²) >= 11 is 0. The molecule has 0 aliphatic carbocycles. The lowest BCUT2D eigenvalue weighted by molar-refractivity contribution is -0.145. The van der Waals surface area contributed by atoms with Gasteiger partial charge in [-0.3, -0.25) is 0 Å². The van der Waals surface area contributed by atoms with Crippen LogP contribution in [0.15, 0.2) is 36.1 Å². The monoisotopic (exact) mass is 215 g/mol. The highest BCUT2D eigenvalue weighted by atomic mass is 16.5. The van der Waals surface area contributed by atoms with Gasteiger partial charge in [-0.2, -0.15) is 5.26 Å². The topological polar surface area (TPSA) is 70.3 Å². The van der Waals surface area contributed by atoms with Crippen LogP contribution in [-0.2, 0) is 9.53 Å². The van der Waals surface area contributed by atoms with Crippen molar-refractivity contribution in [2.75, 3.05) is 0 Å². The largest absolute Gasteiger partial charge is 0.512 e. The Hall–Kier alpha value is -2.28. The molecule has 1 unspecified atom stereocenters. The van der Waals surface area contributed by atoms with Gasteiger partial charge in [0.2, 0.25) is 0 Å². The summed E-state index contributed by atoms with van der Waals surface area (Å²) in [5, 5.41) is 18.0. The summed E-state index contributed by atoms with van der Waals surface area (Å²) in [6.45, 7) is 0. The molecular formula is C12H9NO3. The molecule has 0 saturated heterocycles. The summed E-state index contributed by atoms with van der Waals surface area (Å²) < 4.78 is 5.06. The first-order valence-corrected chi connectivity index (χ1v) is 4.79. The van der Waals surface area contributed by atoms with Gasteiger partial charge in [0.05, 0.1) is 17.7 Å². The SMILES string of the molecule is N#Cc1ccc(C2CC(O)=CC(=O)O2)cc1. The fourth-order valence-corrected chi connectivity index (χ4v) is 1.56. The summed E-state index contributed by atoms with van der Waals surface area (Å²) in [5.41, 5.74) is 1.32. The quantitative estimate of drug-likeness (QED) is 0.727. The lowest BCUT2D eigenvalue weighted by atomic mass is 10.0. The highest BCUT2D eigenvalue weighted by molar-refractivity contribution is 5.83. The molecule has 1 N–H and O–H groups in total. The number of carbonyl (C=O) groups excluding carboxylic acids is 1. The number of benzene rings is 1. The van der Waals surface area contributed by atoms with Gasteiger partial charge in [0, 0.05) is 6.42 Å². The number of carbonyl (C=O) groups is 1. The normalized spacial score (nSPS) is 19.6. The highest BCUT2D eigenvalue weighted by Gasteiger charge is 2.22. The van der Waals surface area contributed by atoms with Crippen molar-refractivity contribution in [1.29, 1.82) is 5.26 Å². The van der Waals surface area contributed by atoms with E-state index in [1.165, 1.54) is 0 Å². The molecule has 0 aromatic heterocycles. The molecule has 1 aromatic rings. The van der Waals surface area contributed by atoms with E-state index in [4.69, 9.17) is 10.00 Å². The van der Waals surface area contributed by atoms with Crippen molar-refractivity contribution in [1.82, 2.24) is 0 Å². The van der Waals surface area contributed by atoms with Gasteiger partial charge in [0.25, 0.3) is 0 Å². The van der Waals surface area contributed by atoms with E-state index in [-0.39, 0.29) is 12.2 Å². The summed E-state index contributed by atoms with van der Waals surface area (Å²) in [7, 11) is 0. The molecule has 1 atom stereocenters. The molecule has 16 heavy (non-hydrogen) atoms. The molecule has 1 heterocycles. The second-order valence-electron chi connectivity index (χ2n) is 3.50. The molecule has 1 aliphatic heterocycles. The molecule has 1 aromatic carbocycles. The Labute approximate surface area is 92.4 Å². The van der Waals surface area contributed by atoms with Crippen molar-refractivity contribution in [2.24, 2.45) is 0 Å². The van der Waals surface area contributed by atoms with Gasteiger partial charge in [-0.25, -0.2) is 4.79 Å². The molecule has 0 fully saturated rings. The Morgan fingerprint density at radius 1 is 1.38 bits per heavy atom. The lowest BCUT2D eigenvalue weighted by Crippen LogP contribution is -2.15. The van der Waals surface area contributed by atoms with Crippen LogP contribution in [0.1, 0.15) is 23.7 Å². The molecule has 80 valence electrons. The van der Waals surface area contributed by atoms with Crippen molar-refractivity contribution in [3.05, 3.63) is 47.2 Å². The minimum absolute atomic E-state index is 0.0191. The number of hydrogen-bond acceptors (Lipinski definition) is 4. The third kappa shape index (κ3) is 2.04. The third-order valence-electron chi connectivity index (χ3n) is 2.35. The summed E-state index contributed by atoms with van der Waals surface area (Å²) in [5.74, 6) is -0.524. The zero-order valence-electron chi connectivity index (χ0n) is 8.38. The van der Waals surface area contributed by atoms with Gasteiger partial charge < -0.3 is 9.84 Å². The van der Waals surface area contributed by atoms with E-state index in [1.807, 2.05) is 6.07 Å². The van der Waals surface area contributed by atoms with Crippen LogP contribution in [0.3, 0.4) is 0 Å². The van der Waals surface area contributed by atoms with Crippen LogP contribution >= 0.6 is 0 Å². The Bertz CT molecular complexity index is 482. The van der Waals surface area contributed by atoms with Gasteiger partial charge in [0.15, 0.2) is 0 Å². The standard InChI is InChI=1S/C12H9NO3/c13-7-8-1-3-9(4-2-8)11-5-10(14)6-12(15)16-11/h1-4,6,11,14H,5H2. The number of aliphatic hydroxyl groups excluding tert-OH is 1. The van der Waals surface area contributed by atoms with Crippen LogP contribution in [0.2, 0.25) is 0 Å². The maximum atomic E-state index is 11.1. The molecule has 0 amide bonds. The number of aliphatic hydroxyl groups is 1. The van der Waals surface area contributed by atoms with Crippen molar-refractivity contribution in [3.8, 4) is 6.07 Å². The number of nitrogens with zero attached hydrogens (tertiary/aromatic N) is 1. The van der Waals surface area contributed by atoms with Crippen LogP contribution in [0.4, 0.5) is 0 Å². The van der Waals surface area contributed by atoms with E-state index < -0.39 is 12.1 Å². The Kier molecular flexibility index (Phi) is 2.61. The predicted octanol–water partition coefficient (Wildman–Crippen LogP) is 1.99. The first-order chi connectivity index (χ1) is 7.69. The number of nitriles is 1. The van der Waals surface area contributed by atoms with E-state index >= 15 is 0 Å². The third-order valence-corrected chi connectivity index (χ3v) is 2.35. The highest BCUT2D eigenvalue weighted by Crippen LogP contribution is 2.27. The summed E-state index contributed by atoms with van der Waals surface area (Å²) in [4.78, 5) is 11.1. The van der Waals surface area contributed by atoms with Gasteiger partial charge >= 0.3 is 5.97 Å². The van der Waals surface area contributed by atoms with Crippen molar-refractivity contribution >= 4 is 5.97 Å². The van der Waals surface area contributed by atoms with Crippen molar-refractivity contribution in [3.63, 3.8) is 0 Å². The van der Waals surface area contributed by atoms with E-state index in [1.54, 1.807) is 24.3 Å². The zero-order chi connectivity index (χ0) is 11.5. The number of hydrogen-bond donors (Lipinski definition) is 1. The summed E-state index contributed by atoms with van der Waals surface area (Å²) in [6.07, 6.45) is 0.878. The minimum Gasteiger partial charge on any atom is -0.512 e. The smallest absolute Gasteiger partial charge is 0.334 e. The van der Waals surface area contributed by atoms with Crippen molar-refractivity contribution in [2.45, 2.75) is 12.5 Å².